The molecule has 1 aliphatic rings. The lowest BCUT2D eigenvalue weighted by Gasteiger charge is -2.30. The Labute approximate surface area is 124 Å². The molecule has 6 heteroatoms. The van der Waals surface area contributed by atoms with Gasteiger partial charge in [-0.05, 0) is 23.3 Å². The summed E-state index contributed by atoms with van der Waals surface area (Å²) in [6.45, 7) is 0. The minimum Gasteiger partial charge on any atom is -0.481 e. The lowest BCUT2D eigenvalue weighted by atomic mass is 9.78. The Kier molecular flexibility index (Phi) is 3.88. The van der Waals surface area contributed by atoms with E-state index >= 15 is 0 Å². The Morgan fingerprint density at radius 2 is 1.95 bits per heavy atom. The molecule has 1 aromatic carbocycles. The molecule has 0 fully saturated rings. The molecule has 0 amide bonds. The van der Waals surface area contributed by atoms with Crippen molar-refractivity contribution in [1.29, 1.82) is 0 Å². The zero-order chi connectivity index (χ0) is 14.9. The molecule has 0 heterocycles. The third-order valence-corrected chi connectivity index (χ3v) is 3.82. The van der Waals surface area contributed by atoms with Gasteiger partial charge in [-0.15, -0.1) is 11.6 Å². The van der Waals surface area contributed by atoms with Crippen LogP contribution in [0.2, 0.25) is 5.02 Å². The highest BCUT2D eigenvalue weighted by Gasteiger charge is 2.49. The van der Waals surface area contributed by atoms with Gasteiger partial charge < -0.3 is 10.2 Å². The molecule has 104 valence electrons. The van der Waals surface area contributed by atoms with Crippen molar-refractivity contribution < 1.29 is 19.8 Å². The van der Waals surface area contributed by atoms with Gasteiger partial charge >= 0.3 is 11.9 Å². The summed E-state index contributed by atoms with van der Waals surface area (Å²) >= 11 is 11.9. The van der Waals surface area contributed by atoms with Crippen molar-refractivity contribution in [2.45, 2.75) is 4.87 Å². The highest BCUT2D eigenvalue weighted by molar-refractivity contribution is 6.38. The summed E-state index contributed by atoms with van der Waals surface area (Å²) in [7, 11) is 0. The van der Waals surface area contributed by atoms with E-state index in [-0.39, 0.29) is 0 Å². The quantitative estimate of drug-likeness (QED) is 0.841. The summed E-state index contributed by atoms with van der Waals surface area (Å²) in [5.74, 6) is -4.11. The molecular formula is C14H10Cl2O4. The molecule has 0 aromatic heterocycles. The van der Waals surface area contributed by atoms with Crippen LogP contribution in [-0.2, 0) is 9.59 Å². The van der Waals surface area contributed by atoms with Crippen LogP contribution in [0.25, 0.3) is 5.57 Å². The second-order valence-corrected chi connectivity index (χ2v) is 5.40. The Bertz CT molecular complexity index is 636. The third kappa shape index (κ3) is 2.44. The second-order valence-electron chi connectivity index (χ2n) is 4.34. The molecule has 20 heavy (non-hydrogen) atoms. The number of carboxylic acid groups (broad SMARTS) is 2. The number of allylic oxidation sites excluding steroid dienone is 2. The lowest BCUT2D eigenvalue weighted by Crippen LogP contribution is -2.44. The number of halogens is 2. The molecule has 2 rings (SSSR count). The molecule has 0 saturated heterocycles. The first kappa shape index (κ1) is 14.6. The van der Waals surface area contributed by atoms with Crippen LogP contribution < -0.4 is 0 Å². The van der Waals surface area contributed by atoms with Crippen LogP contribution in [0.15, 0.2) is 42.5 Å². The number of alkyl halides is 1. The van der Waals surface area contributed by atoms with E-state index in [2.05, 4.69) is 0 Å². The third-order valence-electron chi connectivity index (χ3n) is 3.08. The van der Waals surface area contributed by atoms with Crippen molar-refractivity contribution in [3.8, 4) is 0 Å². The normalized spacial score (nSPS) is 25.1. The first-order valence-electron chi connectivity index (χ1n) is 5.66. The minimum atomic E-state index is -2.02. The number of benzene rings is 1. The van der Waals surface area contributed by atoms with Gasteiger partial charge in [0, 0.05) is 5.02 Å². The highest BCUT2D eigenvalue weighted by atomic mass is 35.5. The number of hydrogen-bond donors (Lipinski definition) is 2. The maximum absolute atomic E-state index is 11.5. The molecule has 4 nitrogen and oxygen atoms in total. The summed E-state index contributed by atoms with van der Waals surface area (Å²) in [6.07, 6.45) is 4.15. The molecule has 0 radical (unpaired) electrons. The van der Waals surface area contributed by atoms with Crippen LogP contribution in [0.3, 0.4) is 0 Å². The van der Waals surface area contributed by atoms with E-state index in [1.165, 1.54) is 18.2 Å². The summed E-state index contributed by atoms with van der Waals surface area (Å²) in [5, 5.41) is 19.0. The maximum Gasteiger partial charge on any atom is 0.330 e. The molecule has 2 atom stereocenters. The number of carbonyl (C=O) groups is 2. The average molecular weight is 313 g/mol. The molecule has 1 aromatic rings. The highest BCUT2D eigenvalue weighted by Crippen LogP contribution is 2.41. The van der Waals surface area contributed by atoms with Crippen molar-refractivity contribution in [1.82, 2.24) is 0 Å². The Morgan fingerprint density at radius 3 is 2.50 bits per heavy atom. The Morgan fingerprint density at radius 1 is 1.25 bits per heavy atom. The fourth-order valence-electron chi connectivity index (χ4n) is 2.15. The van der Waals surface area contributed by atoms with Gasteiger partial charge in [-0.3, -0.25) is 4.79 Å². The van der Waals surface area contributed by atoms with Crippen molar-refractivity contribution in [2.24, 2.45) is 5.92 Å². The number of hydrogen-bond acceptors (Lipinski definition) is 2. The SMILES string of the molecule is O=C(O)C1C(c2cccc(Cl)c2)=CC=CC1(Cl)C(=O)O. The fraction of sp³-hybridized carbons (Fsp3) is 0.143. The Balaban J connectivity index is 2.57. The summed E-state index contributed by atoms with van der Waals surface area (Å²) in [4.78, 5) is 20.8. The molecule has 0 bridgehead atoms. The molecule has 0 saturated carbocycles. The van der Waals surface area contributed by atoms with Gasteiger partial charge in [0.25, 0.3) is 0 Å². The predicted octanol–water partition coefficient (Wildman–Crippen LogP) is 3.06. The average Bonchev–Trinajstić information content (AvgIpc) is 2.37. The first-order valence-corrected chi connectivity index (χ1v) is 6.42. The number of carboxylic acids is 2. The maximum atomic E-state index is 11.5. The van der Waals surface area contributed by atoms with Crippen LogP contribution in [0, 0.1) is 5.92 Å². The van der Waals surface area contributed by atoms with E-state index in [4.69, 9.17) is 23.2 Å². The molecule has 2 N–H and O–H groups in total. The van der Waals surface area contributed by atoms with E-state index < -0.39 is 22.7 Å². The van der Waals surface area contributed by atoms with E-state index in [1.54, 1.807) is 24.3 Å². The first-order chi connectivity index (χ1) is 9.36. The zero-order valence-electron chi connectivity index (χ0n) is 10.1. The topological polar surface area (TPSA) is 74.6 Å². The minimum absolute atomic E-state index is 0.305. The van der Waals surface area contributed by atoms with Gasteiger partial charge in [0.05, 0.1) is 0 Å². The molecule has 0 spiro atoms. The van der Waals surface area contributed by atoms with Crippen LogP contribution >= 0.6 is 23.2 Å². The molecule has 2 unspecified atom stereocenters. The van der Waals surface area contributed by atoms with Crippen molar-refractivity contribution in [2.75, 3.05) is 0 Å². The van der Waals surface area contributed by atoms with Gasteiger partial charge in [0.2, 0.25) is 0 Å². The lowest BCUT2D eigenvalue weighted by molar-refractivity contribution is -0.148. The van der Waals surface area contributed by atoms with E-state index in [1.807, 2.05) is 0 Å². The predicted molar refractivity (Wildman–Crippen MR) is 75.9 cm³/mol. The van der Waals surface area contributed by atoms with Gasteiger partial charge in [-0.1, -0.05) is 42.0 Å². The smallest absolute Gasteiger partial charge is 0.330 e. The molecule has 1 aliphatic carbocycles. The Hall–Kier alpha value is -1.78. The summed E-state index contributed by atoms with van der Waals surface area (Å²) < 4.78 is 0. The molecule has 0 aliphatic heterocycles. The van der Waals surface area contributed by atoms with Crippen LogP contribution in [-0.4, -0.2) is 27.0 Å². The van der Waals surface area contributed by atoms with Crippen molar-refractivity contribution in [3.63, 3.8) is 0 Å². The largest absolute Gasteiger partial charge is 0.481 e. The van der Waals surface area contributed by atoms with E-state index in [0.717, 1.165) is 0 Å². The number of aliphatic carboxylic acids is 2. The van der Waals surface area contributed by atoms with E-state index in [0.29, 0.717) is 16.2 Å². The molecular weight excluding hydrogens is 303 g/mol. The zero-order valence-corrected chi connectivity index (χ0v) is 11.6. The van der Waals surface area contributed by atoms with E-state index in [9.17, 15) is 19.8 Å². The second kappa shape index (κ2) is 5.31. The summed E-state index contributed by atoms with van der Waals surface area (Å²) in [6, 6.07) is 6.53. The van der Waals surface area contributed by atoms with Crippen LogP contribution in [0.4, 0.5) is 0 Å². The fourth-order valence-corrected chi connectivity index (χ4v) is 2.62. The van der Waals surface area contributed by atoms with Crippen LogP contribution in [0.1, 0.15) is 5.56 Å². The van der Waals surface area contributed by atoms with Gasteiger partial charge in [0.15, 0.2) is 4.87 Å². The monoisotopic (exact) mass is 312 g/mol. The van der Waals surface area contributed by atoms with Crippen molar-refractivity contribution >= 4 is 40.7 Å². The van der Waals surface area contributed by atoms with Gasteiger partial charge in [-0.2, -0.15) is 0 Å². The van der Waals surface area contributed by atoms with Crippen molar-refractivity contribution in [3.05, 3.63) is 53.1 Å². The van der Waals surface area contributed by atoms with Gasteiger partial charge in [-0.25, -0.2) is 4.79 Å². The standard InChI is InChI=1S/C14H10Cl2O4/c15-9-4-1-3-8(7-9)10-5-2-6-14(16,13(19)20)11(10)12(17)18/h1-7,11H,(H,17,18)(H,19,20). The van der Waals surface area contributed by atoms with Crippen LogP contribution in [0.5, 0.6) is 0 Å². The van der Waals surface area contributed by atoms with Gasteiger partial charge in [0.1, 0.15) is 5.92 Å². The summed E-state index contributed by atoms with van der Waals surface area (Å²) in [5.41, 5.74) is 0.834. The number of rotatable bonds is 3.